The lowest BCUT2D eigenvalue weighted by Gasteiger charge is -2.12. The van der Waals surface area contributed by atoms with Gasteiger partial charge in [-0.25, -0.2) is 4.79 Å². The Morgan fingerprint density at radius 2 is 1.77 bits per heavy atom. The van der Waals surface area contributed by atoms with E-state index in [1.54, 1.807) is 48.8 Å². The minimum Gasteiger partial charge on any atom is -0.465 e. The van der Waals surface area contributed by atoms with Crippen LogP contribution in [-0.2, 0) is 0 Å². The van der Waals surface area contributed by atoms with E-state index in [1.165, 1.54) is 0 Å². The number of carbonyl (C=O) groups excluding carboxylic acids is 1. The predicted molar refractivity (Wildman–Crippen MR) is 81.6 cm³/mol. The molecule has 0 aliphatic carbocycles. The van der Waals surface area contributed by atoms with Crippen molar-refractivity contribution in [1.29, 1.82) is 0 Å². The number of carbonyl (C=O) groups is 2. The normalized spacial score (nSPS) is 11.5. The Bertz CT molecular complexity index is 644. The van der Waals surface area contributed by atoms with Crippen molar-refractivity contribution in [3.8, 4) is 0 Å². The van der Waals surface area contributed by atoms with E-state index in [-0.39, 0.29) is 12.5 Å². The van der Waals surface area contributed by atoms with Crippen LogP contribution in [0.5, 0.6) is 0 Å². The van der Waals surface area contributed by atoms with Crippen LogP contribution in [0, 0.1) is 0 Å². The largest absolute Gasteiger partial charge is 0.465 e. The molecular formula is C15H16N4O3. The van der Waals surface area contributed by atoms with E-state index in [2.05, 4.69) is 15.6 Å². The minimum absolute atomic E-state index is 0.109. The van der Waals surface area contributed by atoms with Crippen LogP contribution in [0.1, 0.15) is 22.0 Å². The molecule has 0 bridgehead atoms. The van der Waals surface area contributed by atoms with Crippen LogP contribution in [0.4, 0.5) is 10.5 Å². The van der Waals surface area contributed by atoms with Crippen LogP contribution in [0.25, 0.3) is 0 Å². The molecule has 1 unspecified atom stereocenters. The zero-order valence-corrected chi connectivity index (χ0v) is 11.7. The number of nitrogens with one attached hydrogen (secondary N) is 2. The maximum Gasteiger partial charge on any atom is 0.404 e. The Balaban J connectivity index is 1.99. The first-order valence-electron chi connectivity index (χ1n) is 6.60. The second kappa shape index (κ2) is 7.19. The zero-order valence-electron chi connectivity index (χ0n) is 11.7. The summed E-state index contributed by atoms with van der Waals surface area (Å²) in [5.74, 6) is -0.241. The second-order valence-corrected chi connectivity index (χ2v) is 4.60. The van der Waals surface area contributed by atoms with Gasteiger partial charge in [-0.05, 0) is 29.8 Å². The van der Waals surface area contributed by atoms with Crippen molar-refractivity contribution in [2.24, 2.45) is 5.73 Å². The average Bonchev–Trinajstić information content (AvgIpc) is 2.53. The second-order valence-electron chi connectivity index (χ2n) is 4.60. The molecule has 22 heavy (non-hydrogen) atoms. The molecule has 1 heterocycles. The van der Waals surface area contributed by atoms with Crippen LogP contribution in [0.15, 0.2) is 48.8 Å². The number of carboxylic acid groups (broad SMARTS) is 1. The number of hydrogen-bond donors (Lipinski definition) is 4. The van der Waals surface area contributed by atoms with E-state index >= 15 is 0 Å². The standard InChI is InChI=1S/C15H16N4O3/c16-13(9-18-15(21)22)10-1-3-11(4-2-10)14(20)19-12-5-7-17-8-6-12/h1-8,13,18H,9,16H2,(H,21,22)(H,17,19,20). The first kappa shape index (κ1) is 15.5. The lowest BCUT2D eigenvalue weighted by molar-refractivity contribution is 0.102. The molecule has 0 radical (unpaired) electrons. The molecular weight excluding hydrogens is 284 g/mol. The molecule has 1 aromatic heterocycles. The summed E-state index contributed by atoms with van der Waals surface area (Å²) in [6.07, 6.45) is 2.06. The van der Waals surface area contributed by atoms with E-state index in [4.69, 9.17) is 10.8 Å². The molecule has 0 aliphatic rings. The molecule has 1 aromatic carbocycles. The quantitative estimate of drug-likeness (QED) is 0.669. The van der Waals surface area contributed by atoms with Gasteiger partial charge in [0.25, 0.3) is 5.91 Å². The van der Waals surface area contributed by atoms with Gasteiger partial charge in [-0.1, -0.05) is 12.1 Å². The SMILES string of the molecule is NC(CNC(=O)O)c1ccc(C(=O)Nc2ccncc2)cc1. The molecule has 5 N–H and O–H groups in total. The van der Waals surface area contributed by atoms with E-state index in [1.807, 2.05) is 0 Å². The van der Waals surface area contributed by atoms with Gasteiger partial charge in [0.1, 0.15) is 0 Å². The van der Waals surface area contributed by atoms with Crippen molar-refractivity contribution < 1.29 is 14.7 Å². The van der Waals surface area contributed by atoms with Gasteiger partial charge in [0.05, 0.1) is 0 Å². The van der Waals surface area contributed by atoms with Crippen molar-refractivity contribution in [2.45, 2.75) is 6.04 Å². The van der Waals surface area contributed by atoms with Crippen LogP contribution >= 0.6 is 0 Å². The lowest BCUT2D eigenvalue weighted by Crippen LogP contribution is -2.30. The summed E-state index contributed by atoms with van der Waals surface area (Å²) in [5.41, 5.74) is 7.75. The fraction of sp³-hybridized carbons (Fsp3) is 0.133. The summed E-state index contributed by atoms with van der Waals surface area (Å²) >= 11 is 0. The molecule has 0 fully saturated rings. The van der Waals surface area contributed by atoms with Gasteiger partial charge in [-0.15, -0.1) is 0 Å². The average molecular weight is 300 g/mol. The van der Waals surface area contributed by atoms with Crippen molar-refractivity contribution in [3.05, 3.63) is 59.9 Å². The smallest absolute Gasteiger partial charge is 0.404 e. The van der Waals surface area contributed by atoms with Crippen LogP contribution in [0.2, 0.25) is 0 Å². The Hall–Kier alpha value is -2.93. The Kier molecular flexibility index (Phi) is 5.05. The highest BCUT2D eigenvalue weighted by Gasteiger charge is 2.10. The molecule has 0 saturated heterocycles. The monoisotopic (exact) mass is 300 g/mol. The highest BCUT2D eigenvalue weighted by Crippen LogP contribution is 2.13. The predicted octanol–water partition coefficient (Wildman–Crippen LogP) is 1.60. The number of benzene rings is 1. The topological polar surface area (TPSA) is 117 Å². The summed E-state index contributed by atoms with van der Waals surface area (Å²) in [4.78, 5) is 26.4. The number of nitrogens with two attached hydrogens (primary N) is 1. The maximum absolute atomic E-state index is 12.1. The molecule has 2 rings (SSSR count). The van der Waals surface area contributed by atoms with Gasteiger partial charge in [0.15, 0.2) is 0 Å². The maximum atomic E-state index is 12.1. The van der Waals surface area contributed by atoms with Crippen LogP contribution in [0.3, 0.4) is 0 Å². The molecule has 0 saturated carbocycles. The fourth-order valence-corrected chi connectivity index (χ4v) is 1.84. The highest BCUT2D eigenvalue weighted by atomic mass is 16.4. The van der Waals surface area contributed by atoms with Gasteiger partial charge < -0.3 is 21.5 Å². The van der Waals surface area contributed by atoms with Gasteiger partial charge >= 0.3 is 6.09 Å². The number of nitrogens with zero attached hydrogens (tertiary/aromatic N) is 1. The van der Waals surface area contributed by atoms with Crippen molar-refractivity contribution in [1.82, 2.24) is 10.3 Å². The molecule has 1 atom stereocenters. The summed E-state index contributed by atoms with van der Waals surface area (Å²) in [6, 6.07) is 9.62. The number of pyridine rings is 1. The minimum atomic E-state index is -1.12. The van der Waals surface area contributed by atoms with Crippen molar-refractivity contribution >= 4 is 17.7 Å². The first-order valence-corrected chi connectivity index (χ1v) is 6.60. The third kappa shape index (κ3) is 4.29. The van der Waals surface area contributed by atoms with Gasteiger partial charge in [-0.2, -0.15) is 0 Å². The summed E-state index contributed by atoms with van der Waals surface area (Å²) in [5, 5.41) is 13.5. The van der Waals surface area contributed by atoms with Crippen LogP contribution in [-0.4, -0.2) is 28.6 Å². The molecule has 0 spiro atoms. The number of amides is 2. The van der Waals surface area contributed by atoms with Gasteiger partial charge in [0, 0.05) is 36.2 Å². The Labute approximate surface area is 127 Å². The molecule has 2 amide bonds. The molecule has 114 valence electrons. The number of hydrogen-bond acceptors (Lipinski definition) is 4. The van der Waals surface area contributed by atoms with Crippen LogP contribution < -0.4 is 16.4 Å². The number of anilines is 1. The third-order valence-electron chi connectivity index (χ3n) is 3.01. The highest BCUT2D eigenvalue weighted by molar-refractivity contribution is 6.04. The molecule has 2 aromatic rings. The lowest BCUT2D eigenvalue weighted by atomic mass is 10.1. The van der Waals surface area contributed by atoms with E-state index < -0.39 is 12.1 Å². The van der Waals surface area contributed by atoms with E-state index in [9.17, 15) is 9.59 Å². The zero-order chi connectivity index (χ0) is 15.9. The molecule has 7 heteroatoms. The first-order chi connectivity index (χ1) is 10.6. The Morgan fingerprint density at radius 1 is 1.14 bits per heavy atom. The summed E-state index contributed by atoms with van der Waals surface area (Å²) in [6.45, 7) is 0.109. The summed E-state index contributed by atoms with van der Waals surface area (Å²) in [7, 11) is 0. The molecule has 0 aliphatic heterocycles. The number of aromatic nitrogens is 1. The van der Waals surface area contributed by atoms with Gasteiger partial charge in [0.2, 0.25) is 0 Å². The van der Waals surface area contributed by atoms with Gasteiger partial charge in [-0.3, -0.25) is 9.78 Å². The van der Waals surface area contributed by atoms with E-state index in [0.717, 1.165) is 5.56 Å². The third-order valence-corrected chi connectivity index (χ3v) is 3.01. The van der Waals surface area contributed by atoms with E-state index in [0.29, 0.717) is 11.3 Å². The Morgan fingerprint density at radius 3 is 2.36 bits per heavy atom. The molecule has 7 nitrogen and oxygen atoms in total. The summed E-state index contributed by atoms with van der Waals surface area (Å²) < 4.78 is 0. The van der Waals surface area contributed by atoms with Crippen molar-refractivity contribution in [3.63, 3.8) is 0 Å². The number of rotatable bonds is 5. The fourth-order valence-electron chi connectivity index (χ4n) is 1.84. The van der Waals surface area contributed by atoms with Crippen molar-refractivity contribution in [2.75, 3.05) is 11.9 Å².